The summed E-state index contributed by atoms with van der Waals surface area (Å²) in [4.78, 5) is 1.20. The number of ether oxygens (including phenoxy) is 1. The summed E-state index contributed by atoms with van der Waals surface area (Å²) < 4.78 is 5.86. The zero-order valence-corrected chi connectivity index (χ0v) is 17.6. The summed E-state index contributed by atoms with van der Waals surface area (Å²) in [6, 6.07) is 15.9. The minimum Gasteiger partial charge on any atom is -0.489 e. The predicted molar refractivity (Wildman–Crippen MR) is 116 cm³/mol. The van der Waals surface area contributed by atoms with Gasteiger partial charge in [0.25, 0.3) is 0 Å². The lowest BCUT2D eigenvalue weighted by molar-refractivity contribution is 0.0283. The van der Waals surface area contributed by atoms with Gasteiger partial charge < -0.3 is 14.9 Å². The highest BCUT2D eigenvalue weighted by Gasteiger charge is 2.25. The molecule has 1 aromatic heterocycles. The Labute approximate surface area is 171 Å². The van der Waals surface area contributed by atoms with Crippen molar-refractivity contribution in [1.29, 1.82) is 0 Å². The van der Waals surface area contributed by atoms with E-state index in [1.54, 1.807) is 11.3 Å². The van der Waals surface area contributed by atoms with Gasteiger partial charge in [-0.05, 0) is 65.6 Å². The second kappa shape index (κ2) is 8.91. The number of aliphatic hydroxyl groups excluding tert-OH is 1. The van der Waals surface area contributed by atoms with Crippen molar-refractivity contribution in [2.45, 2.75) is 52.4 Å². The molecule has 4 heteroatoms. The first-order valence-corrected chi connectivity index (χ1v) is 10.6. The van der Waals surface area contributed by atoms with Crippen LogP contribution in [0.3, 0.4) is 0 Å². The monoisotopic (exact) mass is 396 g/mol. The Morgan fingerprint density at radius 1 is 0.964 bits per heavy atom. The summed E-state index contributed by atoms with van der Waals surface area (Å²) in [5.41, 5.74) is 4.62. The quantitative estimate of drug-likeness (QED) is 0.506. The molecule has 0 aliphatic carbocycles. The maximum atomic E-state index is 10.8. The highest BCUT2D eigenvalue weighted by atomic mass is 32.1. The van der Waals surface area contributed by atoms with Crippen molar-refractivity contribution in [2.75, 3.05) is 0 Å². The summed E-state index contributed by atoms with van der Waals surface area (Å²) in [7, 11) is 0. The van der Waals surface area contributed by atoms with Crippen molar-refractivity contribution in [3.05, 3.63) is 76.2 Å². The van der Waals surface area contributed by atoms with Gasteiger partial charge in [-0.25, -0.2) is 0 Å². The summed E-state index contributed by atoms with van der Waals surface area (Å²) >= 11 is 1.71. The molecule has 0 fully saturated rings. The van der Waals surface area contributed by atoms with Gasteiger partial charge in [-0.3, -0.25) is 0 Å². The second-order valence-electron chi connectivity index (χ2n) is 7.18. The van der Waals surface area contributed by atoms with Crippen LogP contribution in [0, 0.1) is 6.92 Å². The maximum absolute atomic E-state index is 10.8. The van der Waals surface area contributed by atoms with Crippen molar-refractivity contribution in [1.82, 2.24) is 0 Å². The van der Waals surface area contributed by atoms with E-state index in [0.717, 1.165) is 22.4 Å². The van der Waals surface area contributed by atoms with Gasteiger partial charge in [-0.2, -0.15) is 0 Å². The van der Waals surface area contributed by atoms with Gasteiger partial charge in [-0.15, -0.1) is 11.3 Å². The molecule has 0 saturated carbocycles. The van der Waals surface area contributed by atoms with Crippen LogP contribution >= 0.6 is 11.3 Å². The Kier molecular flexibility index (Phi) is 6.55. The van der Waals surface area contributed by atoms with Crippen LogP contribution in [0.5, 0.6) is 5.75 Å². The molecule has 0 radical (unpaired) electrons. The molecular formula is C24H28O3S. The van der Waals surface area contributed by atoms with Crippen LogP contribution in [0.2, 0.25) is 0 Å². The van der Waals surface area contributed by atoms with E-state index in [2.05, 4.69) is 30.5 Å². The third-order valence-electron chi connectivity index (χ3n) is 5.36. The first kappa shape index (κ1) is 20.6. The average Bonchev–Trinajstić information content (AvgIpc) is 3.20. The van der Waals surface area contributed by atoms with Crippen molar-refractivity contribution in [2.24, 2.45) is 0 Å². The van der Waals surface area contributed by atoms with E-state index in [1.165, 1.54) is 16.0 Å². The molecule has 0 spiro atoms. The first-order valence-electron chi connectivity index (χ1n) is 9.73. The van der Waals surface area contributed by atoms with Crippen molar-refractivity contribution in [3.8, 4) is 16.2 Å². The third-order valence-corrected chi connectivity index (χ3v) is 6.38. The minimum atomic E-state index is -0.747. The van der Waals surface area contributed by atoms with Crippen LogP contribution < -0.4 is 4.74 Å². The molecule has 148 valence electrons. The van der Waals surface area contributed by atoms with Crippen LogP contribution in [0.4, 0.5) is 0 Å². The second-order valence-corrected chi connectivity index (χ2v) is 8.09. The number of thiophene rings is 1. The molecule has 0 saturated heterocycles. The zero-order chi connectivity index (χ0) is 20.1. The summed E-state index contributed by atoms with van der Waals surface area (Å²) in [5.74, 6) is 0.795. The SMILES string of the molecule is CCC(O)(CC)c1ccc(-c2cc(COc3ccc(CO)cc3)cs2)c(C)c1. The van der Waals surface area contributed by atoms with Gasteiger partial charge in [0.15, 0.2) is 0 Å². The number of aliphatic hydroxyl groups is 2. The minimum absolute atomic E-state index is 0.0419. The largest absolute Gasteiger partial charge is 0.489 e. The van der Waals surface area contributed by atoms with Crippen molar-refractivity contribution in [3.63, 3.8) is 0 Å². The summed E-state index contributed by atoms with van der Waals surface area (Å²) in [6.07, 6.45) is 1.42. The topological polar surface area (TPSA) is 49.7 Å². The Balaban J connectivity index is 1.72. The molecule has 0 unspecified atom stereocenters. The molecule has 1 heterocycles. The van der Waals surface area contributed by atoms with E-state index < -0.39 is 5.60 Å². The Morgan fingerprint density at radius 3 is 2.29 bits per heavy atom. The number of aryl methyl sites for hydroxylation is 1. The molecule has 3 rings (SSSR count). The normalized spacial score (nSPS) is 11.6. The molecule has 2 N–H and O–H groups in total. The Hall–Kier alpha value is -2.14. The molecule has 0 atom stereocenters. The third kappa shape index (κ3) is 4.46. The molecule has 0 aliphatic heterocycles. The van der Waals surface area contributed by atoms with Crippen LogP contribution in [0.1, 0.15) is 48.9 Å². The van der Waals surface area contributed by atoms with Gasteiger partial charge in [0, 0.05) is 10.4 Å². The van der Waals surface area contributed by atoms with Gasteiger partial charge in [0.05, 0.1) is 12.2 Å². The van der Waals surface area contributed by atoms with Crippen LogP contribution in [-0.4, -0.2) is 10.2 Å². The lowest BCUT2D eigenvalue weighted by atomic mass is 9.87. The van der Waals surface area contributed by atoms with Crippen molar-refractivity contribution < 1.29 is 14.9 Å². The van der Waals surface area contributed by atoms with Crippen LogP contribution in [0.15, 0.2) is 53.9 Å². The van der Waals surface area contributed by atoms with E-state index in [1.807, 2.05) is 44.2 Å². The van der Waals surface area contributed by atoms with Crippen molar-refractivity contribution >= 4 is 11.3 Å². The smallest absolute Gasteiger partial charge is 0.119 e. The molecule has 0 amide bonds. The molecular weight excluding hydrogens is 368 g/mol. The lowest BCUT2D eigenvalue weighted by Crippen LogP contribution is -2.23. The van der Waals surface area contributed by atoms with E-state index in [9.17, 15) is 5.11 Å². The van der Waals surface area contributed by atoms with Gasteiger partial charge >= 0.3 is 0 Å². The lowest BCUT2D eigenvalue weighted by Gasteiger charge is -2.26. The fourth-order valence-electron chi connectivity index (χ4n) is 3.34. The van der Waals surface area contributed by atoms with E-state index in [4.69, 9.17) is 9.84 Å². The molecule has 3 aromatic rings. The van der Waals surface area contributed by atoms with Gasteiger partial charge in [0.2, 0.25) is 0 Å². The maximum Gasteiger partial charge on any atom is 0.119 e. The number of hydrogen-bond acceptors (Lipinski definition) is 4. The number of benzene rings is 2. The molecule has 28 heavy (non-hydrogen) atoms. The van der Waals surface area contributed by atoms with E-state index in [0.29, 0.717) is 19.4 Å². The standard InChI is InChI=1S/C24H28O3S/c1-4-24(26,5-2)20-8-11-22(17(3)12-20)23-13-19(16-28-23)15-27-21-9-6-18(14-25)7-10-21/h6-13,16,25-26H,4-5,14-15H2,1-3H3. The molecule has 0 bridgehead atoms. The molecule has 2 aromatic carbocycles. The molecule has 0 aliphatic rings. The van der Waals surface area contributed by atoms with Gasteiger partial charge in [-0.1, -0.05) is 44.2 Å². The fourth-order valence-corrected chi connectivity index (χ4v) is 4.33. The average molecular weight is 397 g/mol. The van der Waals surface area contributed by atoms with Gasteiger partial charge in [0.1, 0.15) is 12.4 Å². The fraction of sp³-hybridized carbons (Fsp3) is 0.333. The van der Waals surface area contributed by atoms with E-state index >= 15 is 0 Å². The van der Waals surface area contributed by atoms with Crippen LogP contribution in [-0.2, 0) is 18.8 Å². The number of rotatable bonds is 8. The van der Waals surface area contributed by atoms with Crippen LogP contribution in [0.25, 0.3) is 10.4 Å². The highest BCUT2D eigenvalue weighted by Crippen LogP contribution is 2.35. The molecule has 3 nitrogen and oxygen atoms in total. The summed E-state index contributed by atoms with van der Waals surface area (Å²) in [6.45, 7) is 6.70. The predicted octanol–water partition coefficient (Wildman–Crippen LogP) is 5.80. The Bertz CT molecular complexity index is 908. The first-order chi connectivity index (χ1) is 13.5. The highest BCUT2D eigenvalue weighted by molar-refractivity contribution is 7.13. The summed E-state index contributed by atoms with van der Waals surface area (Å²) in [5, 5.41) is 22.0. The van der Waals surface area contributed by atoms with E-state index in [-0.39, 0.29) is 6.61 Å². The number of hydrogen-bond donors (Lipinski definition) is 2. The Morgan fingerprint density at radius 2 is 1.68 bits per heavy atom. The zero-order valence-electron chi connectivity index (χ0n) is 16.7.